The molecule has 0 heterocycles. The maximum absolute atomic E-state index is 8.68. The van der Waals surface area contributed by atoms with Crippen LogP contribution in [0.1, 0.15) is 13.8 Å². The summed E-state index contributed by atoms with van der Waals surface area (Å²) in [5.41, 5.74) is 5.32. The molecule has 0 aromatic carbocycles. The normalized spacial score (nSPS) is 18.0. The van der Waals surface area contributed by atoms with Gasteiger partial charge in [-0.3, -0.25) is 5.32 Å². The van der Waals surface area contributed by atoms with Gasteiger partial charge in [-0.15, -0.1) is 0 Å². The van der Waals surface area contributed by atoms with E-state index < -0.39 is 0 Å². The van der Waals surface area contributed by atoms with Crippen molar-refractivity contribution in [1.82, 2.24) is 5.32 Å². The number of rotatable bonds is 3. The SMILES string of the molecule is CC(O)CNC(C)N. The van der Waals surface area contributed by atoms with E-state index in [9.17, 15) is 0 Å². The van der Waals surface area contributed by atoms with Crippen molar-refractivity contribution in [3.05, 3.63) is 0 Å². The first kappa shape index (κ1) is 7.88. The van der Waals surface area contributed by atoms with Crippen LogP contribution in [0.25, 0.3) is 0 Å². The van der Waals surface area contributed by atoms with Crippen LogP contribution in [0.15, 0.2) is 0 Å². The highest BCUT2D eigenvalue weighted by Crippen LogP contribution is 1.74. The molecule has 0 rings (SSSR count). The highest BCUT2D eigenvalue weighted by atomic mass is 16.3. The van der Waals surface area contributed by atoms with E-state index in [4.69, 9.17) is 10.8 Å². The number of hydrogen-bond donors (Lipinski definition) is 3. The van der Waals surface area contributed by atoms with Crippen molar-refractivity contribution in [2.45, 2.75) is 26.1 Å². The molecule has 0 aliphatic heterocycles. The monoisotopic (exact) mass is 118 g/mol. The molecule has 0 radical (unpaired) electrons. The molecule has 50 valence electrons. The van der Waals surface area contributed by atoms with E-state index in [1.54, 1.807) is 6.92 Å². The summed E-state index contributed by atoms with van der Waals surface area (Å²) in [4.78, 5) is 0. The van der Waals surface area contributed by atoms with Crippen molar-refractivity contribution in [2.75, 3.05) is 6.54 Å². The Hall–Kier alpha value is -0.120. The summed E-state index contributed by atoms with van der Waals surface area (Å²) in [5.74, 6) is 0. The van der Waals surface area contributed by atoms with E-state index in [1.165, 1.54) is 0 Å². The Balaban J connectivity index is 2.93. The highest BCUT2D eigenvalue weighted by Gasteiger charge is 1.94. The van der Waals surface area contributed by atoms with Gasteiger partial charge < -0.3 is 10.8 Å². The lowest BCUT2D eigenvalue weighted by Crippen LogP contribution is -2.38. The third kappa shape index (κ3) is 5.88. The van der Waals surface area contributed by atoms with Gasteiger partial charge in [-0.05, 0) is 13.8 Å². The van der Waals surface area contributed by atoms with Gasteiger partial charge in [0.15, 0.2) is 0 Å². The first-order chi connectivity index (χ1) is 3.63. The molecule has 8 heavy (non-hydrogen) atoms. The summed E-state index contributed by atoms with van der Waals surface area (Å²) in [6.45, 7) is 4.12. The second kappa shape index (κ2) is 3.83. The van der Waals surface area contributed by atoms with Crippen LogP contribution < -0.4 is 11.1 Å². The molecule has 0 aromatic rings. The molecule has 0 bridgehead atoms. The fourth-order valence-corrected chi connectivity index (χ4v) is 0.356. The summed E-state index contributed by atoms with van der Waals surface area (Å²) >= 11 is 0. The Bertz CT molecular complexity index is 46.4. The van der Waals surface area contributed by atoms with Crippen molar-refractivity contribution in [1.29, 1.82) is 0 Å². The Morgan fingerprint density at radius 3 is 2.25 bits per heavy atom. The molecule has 0 aliphatic carbocycles. The lowest BCUT2D eigenvalue weighted by Gasteiger charge is -2.08. The van der Waals surface area contributed by atoms with Crippen LogP contribution in [-0.4, -0.2) is 23.9 Å². The predicted molar refractivity (Wildman–Crippen MR) is 33.3 cm³/mol. The van der Waals surface area contributed by atoms with Gasteiger partial charge in [0, 0.05) is 6.54 Å². The molecule has 2 unspecified atom stereocenters. The highest BCUT2D eigenvalue weighted by molar-refractivity contribution is 4.54. The number of aliphatic hydroxyl groups is 1. The molecule has 0 aromatic heterocycles. The molecule has 3 nitrogen and oxygen atoms in total. The van der Waals surface area contributed by atoms with Crippen molar-refractivity contribution < 1.29 is 5.11 Å². The first-order valence-corrected chi connectivity index (χ1v) is 2.80. The fourth-order valence-electron chi connectivity index (χ4n) is 0.356. The molecular formula is C5H14N2O. The minimum Gasteiger partial charge on any atom is -0.392 e. The van der Waals surface area contributed by atoms with Gasteiger partial charge in [0.1, 0.15) is 0 Å². The quantitative estimate of drug-likeness (QED) is 0.428. The van der Waals surface area contributed by atoms with Gasteiger partial charge in [0.05, 0.1) is 12.3 Å². The van der Waals surface area contributed by atoms with Gasteiger partial charge in [-0.1, -0.05) is 0 Å². The standard InChI is InChI=1S/C5H14N2O/c1-4(8)3-7-5(2)6/h4-5,7-8H,3,6H2,1-2H3. The van der Waals surface area contributed by atoms with Crippen LogP contribution in [0.5, 0.6) is 0 Å². The number of nitrogens with two attached hydrogens (primary N) is 1. The van der Waals surface area contributed by atoms with Gasteiger partial charge in [0.25, 0.3) is 0 Å². The maximum Gasteiger partial charge on any atom is 0.0637 e. The molecule has 3 heteroatoms. The molecule has 4 N–H and O–H groups in total. The zero-order chi connectivity index (χ0) is 6.57. The van der Waals surface area contributed by atoms with E-state index >= 15 is 0 Å². The summed E-state index contributed by atoms with van der Waals surface area (Å²) in [5, 5.41) is 11.6. The van der Waals surface area contributed by atoms with E-state index in [1.807, 2.05) is 6.92 Å². The molecule has 0 saturated heterocycles. The van der Waals surface area contributed by atoms with Crippen LogP contribution >= 0.6 is 0 Å². The average molecular weight is 118 g/mol. The Morgan fingerprint density at radius 1 is 1.62 bits per heavy atom. The number of aliphatic hydroxyl groups excluding tert-OH is 1. The molecule has 0 amide bonds. The summed E-state index contributed by atoms with van der Waals surface area (Å²) in [6.07, 6.45) is -0.328. The van der Waals surface area contributed by atoms with E-state index in [2.05, 4.69) is 5.32 Å². The average Bonchev–Trinajstić information content (AvgIpc) is 1.61. The van der Waals surface area contributed by atoms with Gasteiger partial charge in [0.2, 0.25) is 0 Å². The molecule has 0 spiro atoms. The third-order valence-electron chi connectivity index (χ3n) is 0.735. The zero-order valence-electron chi connectivity index (χ0n) is 5.39. The Labute approximate surface area is 49.9 Å². The van der Waals surface area contributed by atoms with Crippen LogP contribution in [0.3, 0.4) is 0 Å². The largest absolute Gasteiger partial charge is 0.392 e. The topological polar surface area (TPSA) is 58.3 Å². The van der Waals surface area contributed by atoms with Crippen molar-refractivity contribution >= 4 is 0 Å². The number of nitrogens with one attached hydrogen (secondary N) is 1. The summed E-state index contributed by atoms with van der Waals surface area (Å²) < 4.78 is 0. The second-order valence-electron chi connectivity index (χ2n) is 2.05. The van der Waals surface area contributed by atoms with Crippen molar-refractivity contribution in [2.24, 2.45) is 5.73 Å². The van der Waals surface area contributed by atoms with Crippen LogP contribution in [-0.2, 0) is 0 Å². The third-order valence-corrected chi connectivity index (χ3v) is 0.735. The minimum atomic E-state index is -0.305. The van der Waals surface area contributed by atoms with Gasteiger partial charge in [-0.25, -0.2) is 0 Å². The van der Waals surface area contributed by atoms with E-state index in [0.717, 1.165) is 0 Å². The molecular weight excluding hydrogens is 104 g/mol. The minimum absolute atomic E-state index is 0.0235. The molecule has 2 atom stereocenters. The van der Waals surface area contributed by atoms with Gasteiger partial charge >= 0.3 is 0 Å². The lowest BCUT2D eigenvalue weighted by atomic mass is 10.4. The lowest BCUT2D eigenvalue weighted by molar-refractivity contribution is 0.187. The van der Waals surface area contributed by atoms with E-state index in [0.29, 0.717) is 6.54 Å². The Morgan fingerprint density at radius 2 is 2.12 bits per heavy atom. The summed E-state index contributed by atoms with van der Waals surface area (Å²) in [6, 6.07) is 0. The zero-order valence-corrected chi connectivity index (χ0v) is 5.39. The first-order valence-electron chi connectivity index (χ1n) is 2.80. The van der Waals surface area contributed by atoms with Crippen LogP contribution in [0.2, 0.25) is 0 Å². The number of hydrogen-bond acceptors (Lipinski definition) is 3. The van der Waals surface area contributed by atoms with E-state index in [-0.39, 0.29) is 12.3 Å². The Kier molecular flexibility index (Phi) is 3.77. The smallest absolute Gasteiger partial charge is 0.0637 e. The van der Waals surface area contributed by atoms with Crippen molar-refractivity contribution in [3.63, 3.8) is 0 Å². The van der Waals surface area contributed by atoms with Gasteiger partial charge in [-0.2, -0.15) is 0 Å². The molecule has 0 saturated carbocycles. The molecule has 0 fully saturated rings. The van der Waals surface area contributed by atoms with Crippen LogP contribution in [0, 0.1) is 0 Å². The summed E-state index contributed by atoms with van der Waals surface area (Å²) in [7, 11) is 0. The predicted octanol–water partition coefficient (Wildman–Crippen LogP) is -0.738. The van der Waals surface area contributed by atoms with Crippen LogP contribution in [0.4, 0.5) is 0 Å². The fraction of sp³-hybridized carbons (Fsp3) is 1.00. The second-order valence-corrected chi connectivity index (χ2v) is 2.05. The molecule has 0 aliphatic rings. The maximum atomic E-state index is 8.68. The van der Waals surface area contributed by atoms with Crippen molar-refractivity contribution in [3.8, 4) is 0 Å².